The summed E-state index contributed by atoms with van der Waals surface area (Å²) in [6.07, 6.45) is 5.00. The summed E-state index contributed by atoms with van der Waals surface area (Å²) in [6.45, 7) is 0. The number of esters is 1. The molecule has 0 aliphatic heterocycles. The van der Waals surface area contributed by atoms with Crippen LogP contribution in [0.15, 0.2) is 9.98 Å². The molecule has 100 valence electrons. The average molecular weight is 334 g/mol. The van der Waals surface area contributed by atoms with Crippen LogP contribution in [0.25, 0.3) is 0 Å². The Morgan fingerprint density at radius 3 is 2.61 bits per heavy atom. The quantitative estimate of drug-likeness (QED) is 0.797. The molecule has 0 bridgehead atoms. The first-order valence-corrected chi connectivity index (χ1v) is 7.47. The molecule has 6 heteroatoms. The molecule has 0 atom stereocenters. The molecular formula is C12H16BrNO3S. The average Bonchev–Trinajstić information content (AvgIpc) is 2.85. The molecule has 1 aromatic heterocycles. The summed E-state index contributed by atoms with van der Waals surface area (Å²) in [5.41, 5.74) is -0.332. The topological polar surface area (TPSA) is 48.4 Å². The van der Waals surface area contributed by atoms with E-state index in [1.54, 1.807) is 24.6 Å². The van der Waals surface area contributed by atoms with Crippen molar-refractivity contribution in [2.75, 3.05) is 14.2 Å². The number of rotatable bonds is 3. The third kappa shape index (κ3) is 2.60. The van der Waals surface area contributed by atoms with E-state index in [4.69, 9.17) is 9.47 Å². The number of ether oxygens (including phenoxy) is 2. The number of carbonyl (C=O) groups excluding carboxylic acids is 1. The van der Waals surface area contributed by atoms with Crippen LogP contribution in [0.1, 0.15) is 30.7 Å². The third-order valence-corrected chi connectivity index (χ3v) is 5.25. The molecule has 0 unspecified atom stereocenters. The number of hydrogen-bond acceptors (Lipinski definition) is 5. The van der Waals surface area contributed by atoms with E-state index in [-0.39, 0.29) is 17.5 Å². The summed E-state index contributed by atoms with van der Waals surface area (Å²) in [4.78, 5) is 15.9. The van der Waals surface area contributed by atoms with Crippen molar-refractivity contribution in [1.29, 1.82) is 0 Å². The lowest BCUT2D eigenvalue weighted by Gasteiger charge is -2.36. The van der Waals surface area contributed by atoms with E-state index >= 15 is 0 Å². The smallest absolute Gasteiger partial charge is 0.308 e. The molecule has 1 heterocycles. The van der Waals surface area contributed by atoms with E-state index in [1.165, 1.54) is 7.11 Å². The fourth-order valence-corrected chi connectivity index (χ4v) is 3.89. The number of thiazole rings is 1. The molecule has 0 radical (unpaired) electrons. The molecule has 1 aliphatic rings. The van der Waals surface area contributed by atoms with Crippen LogP contribution in [0.4, 0.5) is 0 Å². The molecule has 0 N–H and O–H groups in total. The van der Waals surface area contributed by atoms with Gasteiger partial charge in [-0.25, -0.2) is 4.98 Å². The van der Waals surface area contributed by atoms with Crippen LogP contribution in [0.5, 0.6) is 0 Å². The zero-order valence-corrected chi connectivity index (χ0v) is 12.8. The van der Waals surface area contributed by atoms with Gasteiger partial charge in [0.2, 0.25) is 0 Å². The van der Waals surface area contributed by atoms with Gasteiger partial charge in [0.1, 0.15) is 10.6 Å². The maximum Gasteiger partial charge on any atom is 0.308 e. The minimum atomic E-state index is -0.332. The molecule has 0 amide bonds. The molecule has 1 aromatic rings. The Kier molecular flexibility index (Phi) is 4.40. The Balaban J connectivity index is 2.11. The van der Waals surface area contributed by atoms with Gasteiger partial charge in [0.05, 0.1) is 23.0 Å². The predicted octanol–water partition coefficient (Wildman–Crippen LogP) is 3.11. The minimum absolute atomic E-state index is 0.00155. The summed E-state index contributed by atoms with van der Waals surface area (Å²) in [5, 5.41) is 0.986. The van der Waals surface area contributed by atoms with E-state index in [1.807, 2.05) is 0 Å². The van der Waals surface area contributed by atoms with Crippen molar-refractivity contribution in [3.05, 3.63) is 15.0 Å². The summed E-state index contributed by atoms with van der Waals surface area (Å²) >= 11 is 5.02. The first kappa shape index (κ1) is 14.0. The number of hydrogen-bond donors (Lipinski definition) is 0. The number of halogens is 1. The van der Waals surface area contributed by atoms with Gasteiger partial charge in [-0.3, -0.25) is 4.79 Å². The molecule has 2 rings (SSSR count). The molecule has 0 saturated heterocycles. The maximum absolute atomic E-state index is 11.5. The fraction of sp³-hybridized carbons (Fsp3) is 0.667. The highest BCUT2D eigenvalue weighted by Crippen LogP contribution is 2.44. The largest absolute Gasteiger partial charge is 0.469 e. The number of methoxy groups -OCH3 is 2. The van der Waals surface area contributed by atoms with Gasteiger partial charge in [0.25, 0.3) is 0 Å². The van der Waals surface area contributed by atoms with Crippen molar-refractivity contribution >= 4 is 33.2 Å². The standard InChI is InChI=1S/C12H16BrNO3S/c1-16-10(15)8-3-5-12(17-2,6-4-8)11-14-7-9(13)18-11/h7-8H,3-6H2,1-2H3. The molecule has 4 nitrogen and oxygen atoms in total. The number of carbonyl (C=O) groups is 1. The SMILES string of the molecule is COC(=O)C1CCC(OC)(c2ncc(Br)s2)CC1. The summed E-state index contributed by atoms with van der Waals surface area (Å²) in [6, 6.07) is 0. The van der Waals surface area contributed by atoms with Crippen molar-refractivity contribution < 1.29 is 14.3 Å². The summed E-state index contributed by atoms with van der Waals surface area (Å²) in [7, 11) is 3.16. The maximum atomic E-state index is 11.5. The van der Waals surface area contributed by atoms with Gasteiger partial charge in [-0.2, -0.15) is 0 Å². The number of aromatic nitrogens is 1. The second-order valence-electron chi connectivity index (χ2n) is 4.47. The monoisotopic (exact) mass is 333 g/mol. The third-order valence-electron chi connectivity index (χ3n) is 3.59. The first-order valence-electron chi connectivity index (χ1n) is 5.86. The van der Waals surface area contributed by atoms with Crippen molar-refractivity contribution in [3.63, 3.8) is 0 Å². The predicted molar refractivity (Wildman–Crippen MR) is 72.5 cm³/mol. The van der Waals surface area contributed by atoms with E-state index in [0.29, 0.717) is 0 Å². The lowest BCUT2D eigenvalue weighted by atomic mass is 9.79. The van der Waals surface area contributed by atoms with Crippen LogP contribution in [0, 0.1) is 5.92 Å². The Morgan fingerprint density at radius 2 is 2.17 bits per heavy atom. The van der Waals surface area contributed by atoms with Gasteiger partial charge in [-0.05, 0) is 41.6 Å². The van der Waals surface area contributed by atoms with Gasteiger partial charge >= 0.3 is 5.97 Å². The van der Waals surface area contributed by atoms with Crippen molar-refractivity contribution in [2.24, 2.45) is 5.92 Å². The highest BCUT2D eigenvalue weighted by atomic mass is 79.9. The van der Waals surface area contributed by atoms with Gasteiger partial charge in [0, 0.05) is 7.11 Å². The highest BCUT2D eigenvalue weighted by molar-refractivity contribution is 9.11. The second kappa shape index (κ2) is 5.67. The van der Waals surface area contributed by atoms with Crippen molar-refractivity contribution in [2.45, 2.75) is 31.3 Å². The van der Waals surface area contributed by atoms with Gasteiger partial charge < -0.3 is 9.47 Å². The minimum Gasteiger partial charge on any atom is -0.469 e. The molecule has 0 spiro atoms. The highest BCUT2D eigenvalue weighted by Gasteiger charge is 2.41. The van der Waals surface area contributed by atoms with E-state index in [9.17, 15) is 4.79 Å². The van der Waals surface area contributed by atoms with Crippen LogP contribution in [-0.4, -0.2) is 25.2 Å². The fourth-order valence-electron chi connectivity index (χ4n) is 2.46. The normalized spacial score (nSPS) is 28.1. The van der Waals surface area contributed by atoms with Crippen LogP contribution in [-0.2, 0) is 19.9 Å². The van der Waals surface area contributed by atoms with Crippen LogP contribution in [0.3, 0.4) is 0 Å². The molecule has 1 aliphatic carbocycles. The van der Waals surface area contributed by atoms with Crippen LogP contribution < -0.4 is 0 Å². The van der Waals surface area contributed by atoms with E-state index in [2.05, 4.69) is 20.9 Å². The van der Waals surface area contributed by atoms with Gasteiger partial charge in [-0.1, -0.05) is 0 Å². The summed E-state index contributed by atoms with van der Waals surface area (Å²) in [5.74, 6) is -0.110. The molecule has 1 saturated carbocycles. The van der Waals surface area contributed by atoms with Crippen molar-refractivity contribution in [3.8, 4) is 0 Å². The summed E-state index contributed by atoms with van der Waals surface area (Å²) < 4.78 is 11.5. The second-order valence-corrected chi connectivity index (χ2v) is 6.88. The molecule has 0 aromatic carbocycles. The van der Waals surface area contributed by atoms with Crippen LogP contribution >= 0.6 is 27.3 Å². The molecule has 18 heavy (non-hydrogen) atoms. The van der Waals surface area contributed by atoms with Crippen molar-refractivity contribution in [1.82, 2.24) is 4.98 Å². The Morgan fingerprint density at radius 1 is 1.50 bits per heavy atom. The number of nitrogens with zero attached hydrogens (tertiary/aromatic N) is 1. The van der Waals surface area contributed by atoms with Gasteiger partial charge in [-0.15, -0.1) is 11.3 Å². The molecule has 1 fully saturated rings. The van der Waals surface area contributed by atoms with E-state index < -0.39 is 0 Å². The zero-order chi connectivity index (χ0) is 13.2. The van der Waals surface area contributed by atoms with Gasteiger partial charge in [0.15, 0.2) is 0 Å². The molecular weight excluding hydrogens is 318 g/mol. The Labute approximate surface area is 119 Å². The first-order chi connectivity index (χ1) is 8.61. The van der Waals surface area contributed by atoms with E-state index in [0.717, 1.165) is 34.5 Å². The zero-order valence-electron chi connectivity index (χ0n) is 10.4. The lowest BCUT2D eigenvalue weighted by molar-refractivity contribution is -0.149. The Hall–Kier alpha value is -0.460. The van der Waals surface area contributed by atoms with Crippen LogP contribution in [0.2, 0.25) is 0 Å². The lowest BCUT2D eigenvalue weighted by Crippen LogP contribution is -2.35. The Bertz CT molecular complexity index is 427.